The summed E-state index contributed by atoms with van der Waals surface area (Å²) in [5.41, 5.74) is -0.355. The Labute approximate surface area is 173 Å². The van der Waals surface area contributed by atoms with Crippen LogP contribution in [0.3, 0.4) is 0 Å². The van der Waals surface area contributed by atoms with E-state index in [9.17, 15) is 18.0 Å². The molecule has 2 aliphatic rings. The summed E-state index contributed by atoms with van der Waals surface area (Å²) in [6, 6.07) is 11.2. The van der Waals surface area contributed by atoms with Gasteiger partial charge in [-0.15, -0.1) is 0 Å². The van der Waals surface area contributed by atoms with Crippen LogP contribution in [0.1, 0.15) is 11.1 Å². The molecule has 0 N–H and O–H groups in total. The molecule has 5 nitrogen and oxygen atoms in total. The Hall–Kier alpha value is -2.87. The second kappa shape index (κ2) is 8.47. The minimum absolute atomic E-state index is 0.171. The number of halogens is 3. The van der Waals surface area contributed by atoms with Gasteiger partial charge in [0, 0.05) is 57.6 Å². The van der Waals surface area contributed by atoms with E-state index < -0.39 is 11.7 Å². The average Bonchev–Trinajstić information content (AvgIpc) is 2.72. The first-order valence-electron chi connectivity index (χ1n) is 9.94. The Morgan fingerprint density at radius 1 is 1.03 bits per heavy atom. The normalized spacial score (nSPS) is 18.6. The third-order valence-electron chi connectivity index (χ3n) is 5.61. The number of hydrogen-bond acceptors (Lipinski definition) is 4. The molecule has 0 aliphatic carbocycles. The van der Waals surface area contributed by atoms with Crippen LogP contribution in [0, 0.1) is 0 Å². The highest BCUT2D eigenvalue weighted by Gasteiger charge is 2.35. The van der Waals surface area contributed by atoms with E-state index in [1.54, 1.807) is 17.2 Å². The maximum Gasteiger partial charge on any atom is 0.416 e. The Bertz CT molecular complexity index is 902. The van der Waals surface area contributed by atoms with Crippen LogP contribution in [-0.2, 0) is 11.0 Å². The van der Waals surface area contributed by atoms with Crippen molar-refractivity contribution in [2.45, 2.75) is 12.2 Å². The largest absolute Gasteiger partial charge is 0.416 e. The van der Waals surface area contributed by atoms with Gasteiger partial charge in [-0.1, -0.05) is 18.2 Å². The molecule has 1 aromatic carbocycles. The fraction of sp³-hybridized carbons (Fsp3) is 0.364. The molecule has 0 unspecified atom stereocenters. The van der Waals surface area contributed by atoms with Crippen molar-refractivity contribution < 1.29 is 18.0 Å². The molecule has 1 amide bonds. The molecule has 0 atom stereocenters. The lowest BCUT2D eigenvalue weighted by Crippen LogP contribution is -2.64. The molecule has 3 heterocycles. The molecule has 8 heteroatoms. The highest BCUT2D eigenvalue weighted by Crippen LogP contribution is 2.29. The molecular formula is C22H23F3N4O. The molecule has 2 aromatic rings. The second-order valence-corrected chi connectivity index (χ2v) is 7.56. The number of carbonyl (C=O) groups is 1. The summed E-state index contributed by atoms with van der Waals surface area (Å²) in [6.45, 7) is 4.94. The van der Waals surface area contributed by atoms with Crippen LogP contribution in [0.2, 0.25) is 0 Å². The monoisotopic (exact) mass is 416 g/mol. The number of hydrogen-bond donors (Lipinski definition) is 0. The van der Waals surface area contributed by atoms with Gasteiger partial charge in [-0.2, -0.15) is 13.2 Å². The summed E-state index contributed by atoms with van der Waals surface area (Å²) in [6.07, 6.45) is 0.199. The van der Waals surface area contributed by atoms with E-state index in [-0.39, 0.29) is 5.91 Å². The summed E-state index contributed by atoms with van der Waals surface area (Å²) >= 11 is 0. The number of amides is 1. The Morgan fingerprint density at radius 2 is 1.80 bits per heavy atom. The minimum Gasteiger partial charge on any atom is -0.354 e. The van der Waals surface area contributed by atoms with Crippen molar-refractivity contribution in [1.82, 2.24) is 14.8 Å². The number of likely N-dealkylation sites (tertiary alicyclic amines) is 1. The van der Waals surface area contributed by atoms with E-state index in [0.29, 0.717) is 24.7 Å². The standard InChI is InChI=1S/C22H23F3N4O/c23-22(24,25)18-5-3-4-17(14-18)7-8-21(30)29-15-19(16-29)27-10-12-28(13-11-27)20-6-1-2-9-26-20/h1-9,14,19H,10-13,15-16H2. The molecule has 30 heavy (non-hydrogen) atoms. The smallest absolute Gasteiger partial charge is 0.354 e. The highest BCUT2D eigenvalue weighted by atomic mass is 19.4. The van der Waals surface area contributed by atoms with Gasteiger partial charge in [0.1, 0.15) is 5.82 Å². The minimum atomic E-state index is -4.39. The lowest BCUT2D eigenvalue weighted by atomic mass is 10.1. The number of anilines is 1. The summed E-state index contributed by atoms with van der Waals surface area (Å²) in [5, 5.41) is 0. The number of nitrogens with zero attached hydrogens (tertiary/aromatic N) is 4. The van der Waals surface area contributed by atoms with Crippen LogP contribution in [0.15, 0.2) is 54.7 Å². The van der Waals surface area contributed by atoms with Gasteiger partial charge in [-0.3, -0.25) is 9.69 Å². The van der Waals surface area contributed by atoms with Crippen molar-refractivity contribution >= 4 is 17.8 Å². The third-order valence-corrected chi connectivity index (χ3v) is 5.61. The zero-order chi connectivity index (χ0) is 21.1. The van der Waals surface area contributed by atoms with Crippen LogP contribution in [0.5, 0.6) is 0 Å². The summed E-state index contributed by atoms with van der Waals surface area (Å²) in [5.74, 6) is 0.818. The van der Waals surface area contributed by atoms with E-state index in [1.165, 1.54) is 18.2 Å². The fourth-order valence-electron chi connectivity index (χ4n) is 3.81. The number of carbonyl (C=O) groups excluding carboxylic acids is 1. The topological polar surface area (TPSA) is 39.7 Å². The summed E-state index contributed by atoms with van der Waals surface area (Å²) in [7, 11) is 0. The van der Waals surface area contributed by atoms with E-state index >= 15 is 0 Å². The Kier molecular flexibility index (Phi) is 5.76. The van der Waals surface area contributed by atoms with Gasteiger partial charge >= 0.3 is 6.18 Å². The zero-order valence-corrected chi connectivity index (χ0v) is 16.4. The van der Waals surface area contributed by atoms with Gasteiger partial charge in [0.2, 0.25) is 5.91 Å². The van der Waals surface area contributed by atoms with Gasteiger partial charge in [0.05, 0.1) is 5.56 Å². The van der Waals surface area contributed by atoms with Crippen LogP contribution < -0.4 is 4.90 Å². The van der Waals surface area contributed by atoms with Crippen molar-refractivity contribution in [2.75, 3.05) is 44.2 Å². The molecule has 4 rings (SSSR count). The van der Waals surface area contributed by atoms with E-state index in [2.05, 4.69) is 14.8 Å². The first-order valence-corrected chi connectivity index (χ1v) is 9.94. The Balaban J connectivity index is 1.25. The average molecular weight is 416 g/mol. The number of piperazine rings is 1. The molecule has 2 aliphatic heterocycles. The number of alkyl halides is 3. The summed E-state index contributed by atoms with van der Waals surface area (Å²) in [4.78, 5) is 23.1. The van der Waals surface area contributed by atoms with Gasteiger partial charge in [-0.25, -0.2) is 4.98 Å². The predicted octanol–water partition coefficient (Wildman–Crippen LogP) is 3.15. The van der Waals surface area contributed by atoms with Crippen molar-refractivity contribution in [3.8, 4) is 0 Å². The maximum absolute atomic E-state index is 12.8. The number of benzene rings is 1. The van der Waals surface area contributed by atoms with Crippen LogP contribution in [0.4, 0.5) is 19.0 Å². The van der Waals surface area contributed by atoms with E-state index in [4.69, 9.17) is 0 Å². The first-order chi connectivity index (χ1) is 14.4. The number of aromatic nitrogens is 1. The fourth-order valence-corrected chi connectivity index (χ4v) is 3.81. The van der Waals surface area contributed by atoms with Crippen molar-refractivity contribution in [2.24, 2.45) is 0 Å². The lowest BCUT2D eigenvalue weighted by molar-refractivity contribution is -0.137. The zero-order valence-electron chi connectivity index (χ0n) is 16.4. The van der Waals surface area contributed by atoms with Gasteiger partial charge in [0.15, 0.2) is 0 Å². The molecule has 2 fully saturated rings. The second-order valence-electron chi connectivity index (χ2n) is 7.56. The van der Waals surface area contributed by atoms with Crippen LogP contribution in [0.25, 0.3) is 6.08 Å². The highest BCUT2D eigenvalue weighted by molar-refractivity contribution is 5.92. The van der Waals surface area contributed by atoms with Crippen molar-refractivity contribution in [1.29, 1.82) is 0 Å². The van der Waals surface area contributed by atoms with Crippen molar-refractivity contribution in [3.63, 3.8) is 0 Å². The summed E-state index contributed by atoms with van der Waals surface area (Å²) < 4.78 is 38.4. The molecular weight excluding hydrogens is 393 g/mol. The van der Waals surface area contributed by atoms with E-state index in [1.807, 2.05) is 18.2 Å². The molecule has 0 bridgehead atoms. The van der Waals surface area contributed by atoms with Crippen LogP contribution in [-0.4, -0.2) is 66.0 Å². The quantitative estimate of drug-likeness (QED) is 0.718. The number of pyridine rings is 1. The van der Waals surface area contributed by atoms with Gasteiger partial charge < -0.3 is 9.80 Å². The van der Waals surface area contributed by atoms with Crippen molar-refractivity contribution in [3.05, 3.63) is 65.9 Å². The molecule has 158 valence electrons. The van der Waals surface area contributed by atoms with Gasteiger partial charge in [-0.05, 0) is 35.9 Å². The lowest BCUT2D eigenvalue weighted by Gasteiger charge is -2.48. The SMILES string of the molecule is O=C(C=Cc1cccc(C(F)(F)F)c1)N1CC(N2CCN(c3ccccn3)CC2)C1. The molecule has 2 saturated heterocycles. The van der Waals surface area contributed by atoms with E-state index in [0.717, 1.165) is 44.1 Å². The molecule has 0 saturated carbocycles. The third kappa shape index (κ3) is 4.64. The van der Waals surface area contributed by atoms with Crippen LogP contribution >= 0.6 is 0 Å². The molecule has 1 aromatic heterocycles. The molecule has 0 radical (unpaired) electrons. The van der Waals surface area contributed by atoms with Gasteiger partial charge in [0.25, 0.3) is 0 Å². The maximum atomic E-state index is 12.8. The first kappa shape index (κ1) is 20.4. The predicted molar refractivity (Wildman–Crippen MR) is 109 cm³/mol. The Morgan fingerprint density at radius 3 is 2.47 bits per heavy atom. The molecule has 0 spiro atoms. The number of rotatable bonds is 4.